The van der Waals surface area contributed by atoms with Gasteiger partial charge in [-0.2, -0.15) is 0 Å². The number of benzene rings is 1. The van der Waals surface area contributed by atoms with Crippen molar-refractivity contribution in [3.05, 3.63) is 46.7 Å². The van der Waals surface area contributed by atoms with Gasteiger partial charge in [0.2, 0.25) is 5.88 Å². The number of hydrogen-bond acceptors (Lipinski definition) is 4. The molecule has 1 saturated heterocycles. The third-order valence-corrected chi connectivity index (χ3v) is 4.69. The number of hydrogen-bond donors (Lipinski definition) is 1. The molecule has 2 heterocycles. The first-order valence-electron chi connectivity index (χ1n) is 8.37. The Morgan fingerprint density at radius 3 is 2.64 bits per heavy atom. The summed E-state index contributed by atoms with van der Waals surface area (Å²) >= 11 is 0. The predicted molar refractivity (Wildman–Crippen MR) is 89.2 cm³/mol. The van der Waals surface area contributed by atoms with Crippen molar-refractivity contribution in [2.45, 2.75) is 38.5 Å². The molecule has 0 bridgehead atoms. The van der Waals surface area contributed by atoms with Crippen LogP contribution in [0.2, 0.25) is 0 Å². The summed E-state index contributed by atoms with van der Waals surface area (Å²) in [6.07, 6.45) is 1.35. The van der Waals surface area contributed by atoms with Crippen LogP contribution in [0.25, 0.3) is 0 Å². The van der Waals surface area contributed by atoms with E-state index in [0.29, 0.717) is 31.8 Å². The first kappa shape index (κ1) is 17.4. The van der Waals surface area contributed by atoms with Gasteiger partial charge in [0, 0.05) is 24.6 Å². The molecule has 0 spiro atoms. The molecule has 0 unspecified atom stereocenters. The van der Waals surface area contributed by atoms with Crippen molar-refractivity contribution in [2.75, 3.05) is 18.8 Å². The van der Waals surface area contributed by atoms with Gasteiger partial charge in [0.05, 0.1) is 11.3 Å². The summed E-state index contributed by atoms with van der Waals surface area (Å²) in [5.74, 6) is -1.15. The maximum absolute atomic E-state index is 13.8. The normalized spacial score (nSPS) is 15.8. The van der Waals surface area contributed by atoms with Crippen LogP contribution in [-0.2, 0) is 0 Å². The van der Waals surface area contributed by atoms with E-state index in [1.165, 1.54) is 0 Å². The molecular formula is C18H21F2N3O2. The molecule has 1 amide bonds. The standard InChI is InChI=1S/C18H21F2N3O2/c1-10(2)15-16(22-25-17(15)21)11-5-7-23(8-6-11)18(24)13-9-12(19)3-4-14(13)20/h3-4,9-11H,5-8,21H2,1-2H3. The SMILES string of the molecule is CC(C)c1c(C2CCN(C(=O)c3cc(F)ccc3F)CC2)noc1N. The number of carbonyl (C=O) groups is 1. The van der Waals surface area contributed by atoms with E-state index in [0.717, 1.165) is 29.5 Å². The molecule has 1 aromatic carbocycles. The van der Waals surface area contributed by atoms with E-state index in [1.807, 2.05) is 13.8 Å². The summed E-state index contributed by atoms with van der Waals surface area (Å²) in [6, 6.07) is 2.92. The minimum atomic E-state index is -0.708. The fourth-order valence-electron chi connectivity index (χ4n) is 3.39. The minimum Gasteiger partial charge on any atom is -0.367 e. The lowest BCUT2D eigenvalue weighted by Gasteiger charge is -2.31. The minimum absolute atomic E-state index is 0.139. The summed E-state index contributed by atoms with van der Waals surface area (Å²) < 4.78 is 32.3. The Balaban J connectivity index is 1.72. The number of anilines is 1. The van der Waals surface area contributed by atoms with E-state index in [2.05, 4.69) is 5.16 Å². The first-order chi connectivity index (χ1) is 11.9. The summed E-state index contributed by atoms with van der Waals surface area (Å²) in [5, 5.41) is 4.10. The van der Waals surface area contributed by atoms with Gasteiger partial charge in [0.25, 0.3) is 5.91 Å². The third kappa shape index (κ3) is 3.36. The molecule has 0 aliphatic carbocycles. The van der Waals surface area contributed by atoms with Crippen molar-refractivity contribution < 1.29 is 18.1 Å². The Bertz CT molecular complexity index is 781. The molecule has 3 rings (SSSR count). The van der Waals surface area contributed by atoms with E-state index in [4.69, 9.17) is 10.3 Å². The van der Waals surface area contributed by atoms with Crippen LogP contribution in [0.4, 0.5) is 14.7 Å². The van der Waals surface area contributed by atoms with Gasteiger partial charge in [-0.3, -0.25) is 4.79 Å². The number of halogens is 2. The van der Waals surface area contributed by atoms with Crippen LogP contribution in [0.15, 0.2) is 22.7 Å². The number of nitrogens with zero attached hydrogens (tertiary/aromatic N) is 2. The molecule has 1 fully saturated rings. The molecule has 0 radical (unpaired) electrons. The number of nitrogen functional groups attached to an aromatic ring is 1. The molecule has 1 aliphatic heterocycles. The predicted octanol–water partition coefficient (Wildman–Crippen LogP) is 3.68. The fourth-order valence-corrected chi connectivity index (χ4v) is 3.39. The zero-order chi connectivity index (χ0) is 18.1. The van der Waals surface area contributed by atoms with Crippen LogP contribution in [0.5, 0.6) is 0 Å². The molecule has 2 aromatic rings. The molecule has 1 aliphatic rings. The second kappa shape index (κ2) is 6.82. The highest BCUT2D eigenvalue weighted by molar-refractivity contribution is 5.94. The van der Waals surface area contributed by atoms with Gasteiger partial charge in [-0.05, 0) is 37.0 Å². The number of amides is 1. The van der Waals surface area contributed by atoms with Crippen molar-refractivity contribution in [1.29, 1.82) is 0 Å². The molecule has 7 heteroatoms. The van der Waals surface area contributed by atoms with Gasteiger partial charge in [0.15, 0.2) is 0 Å². The zero-order valence-electron chi connectivity index (χ0n) is 14.3. The highest BCUT2D eigenvalue weighted by Crippen LogP contribution is 2.36. The lowest BCUT2D eigenvalue weighted by molar-refractivity contribution is 0.0706. The smallest absolute Gasteiger partial charge is 0.256 e. The topological polar surface area (TPSA) is 72.4 Å². The van der Waals surface area contributed by atoms with Gasteiger partial charge in [0.1, 0.15) is 11.6 Å². The lowest BCUT2D eigenvalue weighted by atomic mass is 9.88. The van der Waals surface area contributed by atoms with Crippen molar-refractivity contribution in [2.24, 2.45) is 0 Å². The summed E-state index contributed by atoms with van der Waals surface area (Å²) in [6.45, 7) is 4.95. The molecule has 25 heavy (non-hydrogen) atoms. The number of aromatic nitrogens is 1. The van der Waals surface area contributed by atoms with Crippen LogP contribution in [0.3, 0.4) is 0 Å². The number of likely N-dealkylation sites (tertiary alicyclic amines) is 1. The quantitative estimate of drug-likeness (QED) is 0.917. The summed E-state index contributed by atoms with van der Waals surface area (Å²) in [5.41, 5.74) is 7.39. The van der Waals surface area contributed by atoms with Crippen LogP contribution in [0.1, 0.15) is 60.1 Å². The van der Waals surface area contributed by atoms with Gasteiger partial charge in [-0.15, -0.1) is 0 Å². The van der Waals surface area contributed by atoms with E-state index in [-0.39, 0.29) is 17.4 Å². The van der Waals surface area contributed by atoms with Crippen LogP contribution < -0.4 is 5.73 Å². The van der Waals surface area contributed by atoms with Gasteiger partial charge in [-0.25, -0.2) is 8.78 Å². The maximum atomic E-state index is 13.8. The Kier molecular flexibility index (Phi) is 4.74. The first-order valence-corrected chi connectivity index (χ1v) is 8.37. The molecule has 134 valence electrons. The molecule has 0 saturated carbocycles. The zero-order valence-corrected chi connectivity index (χ0v) is 14.3. The molecule has 5 nitrogen and oxygen atoms in total. The summed E-state index contributed by atoms with van der Waals surface area (Å²) in [7, 11) is 0. The molecule has 0 atom stereocenters. The second-order valence-electron chi connectivity index (χ2n) is 6.69. The third-order valence-electron chi connectivity index (χ3n) is 4.69. The van der Waals surface area contributed by atoms with Crippen molar-refractivity contribution in [3.63, 3.8) is 0 Å². The molecule has 2 N–H and O–H groups in total. The summed E-state index contributed by atoms with van der Waals surface area (Å²) in [4.78, 5) is 14.0. The van der Waals surface area contributed by atoms with E-state index < -0.39 is 17.5 Å². The largest absolute Gasteiger partial charge is 0.367 e. The van der Waals surface area contributed by atoms with Crippen molar-refractivity contribution in [1.82, 2.24) is 10.1 Å². The van der Waals surface area contributed by atoms with Crippen molar-refractivity contribution in [3.8, 4) is 0 Å². The van der Waals surface area contributed by atoms with Gasteiger partial charge >= 0.3 is 0 Å². The average Bonchev–Trinajstić information content (AvgIpc) is 2.98. The average molecular weight is 349 g/mol. The second-order valence-corrected chi connectivity index (χ2v) is 6.69. The van der Waals surface area contributed by atoms with Crippen molar-refractivity contribution >= 4 is 11.8 Å². The number of carbonyl (C=O) groups excluding carboxylic acids is 1. The Morgan fingerprint density at radius 1 is 1.32 bits per heavy atom. The highest BCUT2D eigenvalue weighted by atomic mass is 19.1. The number of piperidine rings is 1. The molecular weight excluding hydrogens is 328 g/mol. The van der Waals surface area contributed by atoms with Crippen LogP contribution in [0, 0.1) is 11.6 Å². The Labute approximate surface area is 144 Å². The number of nitrogens with two attached hydrogens (primary N) is 1. The Morgan fingerprint density at radius 2 is 2.00 bits per heavy atom. The van der Waals surface area contributed by atoms with E-state index >= 15 is 0 Å². The fraction of sp³-hybridized carbons (Fsp3) is 0.444. The van der Waals surface area contributed by atoms with Crippen LogP contribution >= 0.6 is 0 Å². The van der Waals surface area contributed by atoms with Gasteiger partial charge < -0.3 is 15.2 Å². The highest BCUT2D eigenvalue weighted by Gasteiger charge is 2.30. The lowest BCUT2D eigenvalue weighted by Crippen LogP contribution is -2.38. The Hall–Kier alpha value is -2.44. The monoisotopic (exact) mass is 349 g/mol. The number of rotatable bonds is 3. The van der Waals surface area contributed by atoms with E-state index in [1.54, 1.807) is 4.90 Å². The van der Waals surface area contributed by atoms with Gasteiger partial charge in [-0.1, -0.05) is 19.0 Å². The maximum Gasteiger partial charge on any atom is 0.256 e. The van der Waals surface area contributed by atoms with Crippen LogP contribution in [-0.4, -0.2) is 29.1 Å². The van der Waals surface area contributed by atoms with E-state index in [9.17, 15) is 13.6 Å². The molecule has 1 aromatic heterocycles.